The molecule has 3 nitrogen and oxygen atoms in total. The molecule has 0 spiro atoms. The van der Waals surface area contributed by atoms with E-state index in [1.165, 1.54) is 11.8 Å². The van der Waals surface area contributed by atoms with E-state index >= 15 is 0 Å². The lowest BCUT2D eigenvalue weighted by Gasteiger charge is -2.37. The lowest BCUT2D eigenvalue weighted by molar-refractivity contribution is -0.0984. The van der Waals surface area contributed by atoms with Crippen molar-refractivity contribution in [3.8, 4) is 0 Å². The van der Waals surface area contributed by atoms with Crippen LogP contribution < -0.4 is 0 Å². The minimum Gasteiger partial charge on any atom is -0.444 e. The number of nitrogens with zero attached hydrogens (tertiary/aromatic N) is 1. The molecule has 0 bridgehead atoms. The third-order valence-electron chi connectivity index (χ3n) is 2.58. The predicted octanol–water partition coefficient (Wildman–Crippen LogP) is 2.90. The number of amides is 1. The highest BCUT2D eigenvalue weighted by Crippen LogP contribution is 2.33. The lowest BCUT2D eigenvalue weighted by atomic mass is 9.96. The maximum Gasteiger partial charge on any atom is 0.410 e. The number of hydrogen-bond acceptors (Lipinski definition) is 2. The zero-order valence-corrected chi connectivity index (χ0v) is 10.2. The van der Waals surface area contributed by atoms with E-state index in [-0.39, 0.29) is 19.5 Å². The summed E-state index contributed by atoms with van der Waals surface area (Å²) in [4.78, 5) is 13.0. The molecule has 5 heteroatoms. The molecule has 1 heterocycles. The van der Waals surface area contributed by atoms with Crippen molar-refractivity contribution in [2.45, 2.75) is 45.6 Å². The number of carbonyl (C=O) groups excluding carboxylic acids is 1. The Morgan fingerprint density at radius 1 is 1.44 bits per heavy atom. The smallest absolute Gasteiger partial charge is 0.410 e. The quantitative estimate of drug-likeness (QED) is 0.646. The Balaban J connectivity index is 2.55. The van der Waals surface area contributed by atoms with Gasteiger partial charge in [0.2, 0.25) is 0 Å². The van der Waals surface area contributed by atoms with E-state index in [1.54, 1.807) is 20.8 Å². The molecular formula is C11H19F2NO2. The van der Waals surface area contributed by atoms with Gasteiger partial charge >= 0.3 is 6.09 Å². The van der Waals surface area contributed by atoms with E-state index < -0.39 is 23.5 Å². The van der Waals surface area contributed by atoms with Crippen LogP contribution in [0.25, 0.3) is 0 Å². The second-order valence-corrected chi connectivity index (χ2v) is 5.34. The highest BCUT2D eigenvalue weighted by Gasteiger charge is 2.43. The Morgan fingerprint density at radius 2 is 2.00 bits per heavy atom. The van der Waals surface area contributed by atoms with Gasteiger partial charge in [-0.05, 0) is 20.8 Å². The monoisotopic (exact) mass is 235 g/mol. The van der Waals surface area contributed by atoms with Gasteiger partial charge in [-0.15, -0.1) is 0 Å². The number of piperidine rings is 1. The summed E-state index contributed by atoms with van der Waals surface area (Å²) < 4.78 is 31.5. The molecule has 0 unspecified atom stereocenters. The fraction of sp³-hybridized carbons (Fsp3) is 0.909. The van der Waals surface area contributed by atoms with Crippen LogP contribution in [0.15, 0.2) is 0 Å². The molecule has 1 aliphatic heterocycles. The average molecular weight is 235 g/mol. The lowest BCUT2D eigenvalue weighted by Crippen LogP contribution is -2.49. The van der Waals surface area contributed by atoms with E-state index in [4.69, 9.17) is 4.74 Å². The molecule has 0 N–H and O–H groups in total. The van der Waals surface area contributed by atoms with Crippen molar-refractivity contribution in [1.82, 2.24) is 4.90 Å². The molecular weight excluding hydrogens is 216 g/mol. The first kappa shape index (κ1) is 13.2. The van der Waals surface area contributed by atoms with Crippen molar-refractivity contribution in [3.63, 3.8) is 0 Å². The minimum absolute atomic E-state index is 0.0575. The van der Waals surface area contributed by atoms with Crippen LogP contribution in [-0.2, 0) is 4.74 Å². The number of ether oxygens (including phenoxy) is 1. The zero-order chi connectivity index (χ0) is 12.6. The Labute approximate surface area is 94.7 Å². The van der Waals surface area contributed by atoms with Crippen LogP contribution in [0.1, 0.15) is 34.1 Å². The van der Waals surface area contributed by atoms with E-state index in [0.29, 0.717) is 0 Å². The van der Waals surface area contributed by atoms with Crippen molar-refractivity contribution >= 4 is 6.09 Å². The highest BCUT2D eigenvalue weighted by atomic mass is 19.3. The largest absolute Gasteiger partial charge is 0.444 e. The van der Waals surface area contributed by atoms with E-state index in [2.05, 4.69) is 0 Å². The number of carbonyl (C=O) groups is 1. The van der Waals surface area contributed by atoms with Gasteiger partial charge < -0.3 is 9.64 Å². The third kappa shape index (κ3) is 3.32. The molecule has 1 aliphatic rings. The minimum atomic E-state index is -2.67. The Morgan fingerprint density at radius 3 is 2.44 bits per heavy atom. The fourth-order valence-electron chi connectivity index (χ4n) is 1.58. The van der Waals surface area contributed by atoms with Gasteiger partial charge in [0, 0.05) is 25.4 Å². The van der Waals surface area contributed by atoms with Gasteiger partial charge in [0.1, 0.15) is 5.60 Å². The first-order chi connectivity index (χ1) is 7.12. The second-order valence-electron chi connectivity index (χ2n) is 5.34. The summed E-state index contributed by atoms with van der Waals surface area (Å²) in [6.45, 7) is 6.84. The van der Waals surface area contributed by atoms with Crippen molar-refractivity contribution in [3.05, 3.63) is 0 Å². The predicted molar refractivity (Wildman–Crippen MR) is 56.5 cm³/mol. The highest BCUT2D eigenvalue weighted by molar-refractivity contribution is 5.68. The molecule has 0 radical (unpaired) electrons. The summed E-state index contributed by atoms with van der Waals surface area (Å²) in [5, 5.41) is 0. The van der Waals surface area contributed by atoms with Crippen molar-refractivity contribution in [2.75, 3.05) is 13.1 Å². The fourth-order valence-corrected chi connectivity index (χ4v) is 1.58. The molecule has 0 aromatic heterocycles. The van der Waals surface area contributed by atoms with E-state index in [0.717, 1.165) is 0 Å². The van der Waals surface area contributed by atoms with Gasteiger partial charge in [-0.3, -0.25) is 0 Å². The number of rotatable bonds is 0. The van der Waals surface area contributed by atoms with Gasteiger partial charge in [-0.1, -0.05) is 6.92 Å². The molecule has 16 heavy (non-hydrogen) atoms. The van der Waals surface area contributed by atoms with Gasteiger partial charge in [0.15, 0.2) is 0 Å². The molecule has 0 aliphatic carbocycles. The number of likely N-dealkylation sites (tertiary alicyclic amines) is 1. The van der Waals surface area contributed by atoms with Gasteiger partial charge in [-0.2, -0.15) is 0 Å². The van der Waals surface area contributed by atoms with E-state index in [1.807, 2.05) is 0 Å². The normalized spacial score (nSPS) is 25.4. The summed E-state index contributed by atoms with van der Waals surface area (Å²) in [5.74, 6) is -3.48. The van der Waals surface area contributed by atoms with Crippen LogP contribution in [0, 0.1) is 5.92 Å². The Kier molecular flexibility index (Phi) is 3.45. The summed E-state index contributed by atoms with van der Waals surface area (Å²) in [6.07, 6.45) is -0.789. The molecule has 1 saturated heterocycles. The molecule has 1 atom stereocenters. The van der Waals surface area contributed by atoms with Crippen LogP contribution in [-0.4, -0.2) is 35.6 Å². The summed E-state index contributed by atoms with van der Waals surface area (Å²) in [7, 11) is 0. The maximum atomic E-state index is 13.2. The SMILES string of the molecule is C[C@@H]1CN(C(=O)OC(C)(C)C)CCC1(F)F. The zero-order valence-electron chi connectivity index (χ0n) is 10.2. The van der Waals surface area contributed by atoms with Crippen molar-refractivity contribution < 1.29 is 18.3 Å². The first-order valence-electron chi connectivity index (χ1n) is 5.47. The molecule has 0 aromatic carbocycles. The van der Waals surface area contributed by atoms with Crippen LogP contribution >= 0.6 is 0 Å². The summed E-state index contributed by atoms with van der Waals surface area (Å²) in [6, 6.07) is 0. The van der Waals surface area contributed by atoms with Crippen LogP contribution in [0.4, 0.5) is 13.6 Å². The van der Waals surface area contributed by atoms with Crippen LogP contribution in [0.2, 0.25) is 0 Å². The third-order valence-corrected chi connectivity index (χ3v) is 2.58. The topological polar surface area (TPSA) is 29.5 Å². The standard InChI is InChI=1S/C11H19F2NO2/c1-8-7-14(6-5-11(8,12)13)9(15)16-10(2,3)4/h8H,5-7H2,1-4H3/t8-/m1/s1. The molecule has 94 valence electrons. The van der Waals surface area contributed by atoms with Gasteiger partial charge in [0.05, 0.1) is 0 Å². The average Bonchev–Trinajstić information content (AvgIpc) is 2.06. The molecule has 0 aromatic rings. The van der Waals surface area contributed by atoms with Gasteiger partial charge in [0.25, 0.3) is 5.92 Å². The molecule has 1 amide bonds. The second kappa shape index (κ2) is 4.18. The Hall–Kier alpha value is -0.870. The number of alkyl halides is 2. The van der Waals surface area contributed by atoms with Crippen LogP contribution in [0.3, 0.4) is 0 Å². The first-order valence-corrected chi connectivity index (χ1v) is 5.47. The van der Waals surface area contributed by atoms with Crippen LogP contribution in [0.5, 0.6) is 0 Å². The van der Waals surface area contributed by atoms with Crippen molar-refractivity contribution in [1.29, 1.82) is 0 Å². The number of hydrogen-bond donors (Lipinski definition) is 0. The van der Waals surface area contributed by atoms with E-state index in [9.17, 15) is 13.6 Å². The molecule has 1 rings (SSSR count). The van der Waals surface area contributed by atoms with Crippen molar-refractivity contribution in [2.24, 2.45) is 5.92 Å². The van der Waals surface area contributed by atoms with Gasteiger partial charge in [-0.25, -0.2) is 13.6 Å². The number of halogens is 2. The Bertz CT molecular complexity index is 274. The summed E-state index contributed by atoms with van der Waals surface area (Å²) in [5.41, 5.74) is -0.583. The maximum absolute atomic E-state index is 13.2. The molecule has 1 fully saturated rings. The molecule has 0 saturated carbocycles. The summed E-state index contributed by atoms with van der Waals surface area (Å²) >= 11 is 0.